The highest BCUT2D eigenvalue weighted by Crippen LogP contribution is 2.22. The molecule has 0 fully saturated rings. The first-order chi connectivity index (χ1) is 9.29. The summed E-state index contributed by atoms with van der Waals surface area (Å²) in [4.78, 5) is 0. The van der Waals surface area contributed by atoms with Crippen LogP contribution in [0.3, 0.4) is 0 Å². The first kappa shape index (κ1) is 13.9. The summed E-state index contributed by atoms with van der Waals surface area (Å²) in [6.45, 7) is 3.16. The lowest BCUT2D eigenvalue weighted by Gasteiger charge is -2.07. The number of hydrogen-bond donors (Lipinski definition) is 1. The van der Waals surface area contributed by atoms with E-state index in [0.29, 0.717) is 6.61 Å². The first-order valence-corrected chi connectivity index (χ1v) is 7.04. The molecule has 0 aromatic heterocycles. The van der Waals surface area contributed by atoms with Gasteiger partial charge in [-0.3, -0.25) is 0 Å². The SMILES string of the molecule is Cc1ccc2cc(OCCCCCCO)ccc2c1. The van der Waals surface area contributed by atoms with E-state index in [1.165, 1.54) is 16.3 Å². The number of aliphatic hydroxyl groups is 1. The van der Waals surface area contributed by atoms with Gasteiger partial charge >= 0.3 is 0 Å². The van der Waals surface area contributed by atoms with Crippen LogP contribution >= 0.6 is 0 Å². The largest absolute Gasteiger partial charge is 0.494 e. The van der Waals surface area contributed by atoms with Gasteiger partial charge in [-0.25, -0.2) is 0 Å². The molecule has 0 unspecified atom stereocenters. The Morgan fingerprint density at radius 2 is 1.63 bits per heavy atom. The minimum absolute atomic E-state index is 0.297. The Morgan fingerprint density at radius 1 is 0.895 bits per heavy atom. The number of hydrogen-bond acceptors (Lipinski definition) is 2. The Morgan fingerprint density at radius 3 is 2.47 bits per heavy atom. The quantitative estimate of drug-likeness (QED) is 0.758. The predicted molar refractivity (Wildman–Crippen MR) is 79.7 cm³/mol. The van der Waals surface area contributed by atoms with Gasteiger partial charge in [0.05, 0.1) is 6.61 Å². The van der Waals surface area contributed by atoms with Crippen molar-refractivity contribution in [1.82, 2.24) is 0 Å². The molecule has 2 aromatic rings. The van der Waals surface area contributed by atoms with E-state index in [4.69, 9.17) is 9.84 Å². The molecule has 0 amide bonds. The predicted octanol–water partition coefficient (Wildman–Crippen LogP) is 4.08. The van der Waals surface area contributed by atoms with Gasteiger partial charge in [0, 0.05) is 6.61 Å². The number of aliphatic hydroxyl groups excluding tert-OH is 1. The van der Waals surface area contributed by atoms with Gasteiger partial charge < -0.3 is 9.84 Å². The molecule has 0 bridgehead atoms. The van der Waals surface area contributed by atoms with Crippen molar-refractivity contribution in [3.8, 4) is 5.75 Å². The second-order valence-electron chi connectivity index (χ2n) is 5.00. The monoisotopic (exact) mass is 258 g/mol. The molecular formula is C17H22O2. The van der Waals surface area contributed by atoms with Crippen LogP contribution in [0, 0.1) is 6.92 Å². The maximum absolute atomic E-state index is 8.69. The van der Waals surface area contributed by atoms with Crippen LogP contribution in [-0.2, 0) is 0 Å². The fourth-order valence-electron chi connectivity index (χ4n) is 2.19. The molecule has 0 aliphatic carbocycles. The van der Waals surface area contributed by atoms with Crippen molar-refractivity contribution < 1.29 is 9.84 Å². The van der Waals surface area contributed by atoms with Gasteiger partial charge in [0.15, 0.2) is 0 Å². The van der Waals surface area contributed by atoms with Crippen molar-refractivity contribution in [2.75, 3.05) is 13.2 Å². The smallest absolute Gasteiger partial charge is 0.119 e. The Balaban J connectivity index is 1.86. The van der Waals surface area contributed by atoms with Crippen molar-refractivity contribution >= 4 is 10.8 Å². The fraction of sp³-hybridized carbons (Fsp3) is 0.412. The molecule has 102 valence electrons. The van der Waals surface area contributed by atoms with Gasteiger partial charge in [-0.15, -0.1) is 0 Å². The van der Waals surface area contributed by atoms with Gasteiger partial charge in [-0.1, -0.05) is 36.2 Å². The van der Waals surface area contributed by atoms with E-state index in [-0.39, 0.29) is 0 Å². The first-order valence-electron chi connectivity index (χ1n) is 7.04. The highest BCUT2D eigenvalue weighted by Gasteiger charge is 1.98. The highest BCUT2D eigenvalue weighted by molar-refractivity contribution is 5.84. The number of benzene rings is 2. The third-order valence-electron chi connectivity index (χ3n) is 3.29. The molecule has 0 aliphatic rings. The zero-order chi connectivity index (χ0) is 13.5. The Hall–Kier alpha value is -1.54. The second kappa shape index (κ2) is 7.15. The van der Waals surface area contributed by atoms with Crippen LogP contribution in [0.15, 0.2) is 36.4 Å². The Kier molecular flexibility index (Phi) is 5.22. The second-order valence-corrected chi connectivity index (χ2v) is 5.00. The van der Waals surface area contributed by atoms with Gasteiger partial charge in [-0.05, 0) is 49.1 Å². The van der Waals surface area contributed by atoms with Crippen LogP contribution in [0.25, 0.3) is 10.8 Å². The zero-order valence-electron chi connectivity index (χ0n) is 11.6. The maximum atomic E-state index is 8.69. The summed E-state index contributed by atoms with van der Waals surface area (Å²) in [5, 5.41) is 11.2. The number of ether oxygens (including phenoxy) is 1. The van der Waals surface area contributed by atoms with Crippen molar-refractivity contribution in [3.63, 3.8) is 0 Å². The van der Waals surface area contributed by atoms with Crippen molar-refractivity contribution in [2.24, 2.45) is 0 Å². The number of rotatable bonds is 7. The molecule has 0 radical (unpaired) electrons. The van der Waals surface area contributed by atoms with E-state index >= 15 is 0 Å². The van der Waals surface area contributed by atoms with E-state index in [2.05, 4.69) is 37.3 Å². The van der Waals surface area contributed by atoms with Gasteiger partial charge in [0.25, 0.3) is 0 Å². The normalized spacial score (nSPS) is 10.8. The molecule has 0 saturated heterocycles. The lowest BCUT2D eigenvalue weighted by Crippen LogP contribution is -1.97. The van der Waals surface area contributed by atoms with Crippen molar-refractivity contribution in [1.29, 1.82) is 0 Å². The zero-order valence-corrected chi connectivity index (χ0v) is 11.6. The van der Waals surface area contributed by atoms with E-state index < -0.39 is 0 Å². The van der Waals surface area contributed by atoms with Crippen LogP contribution < -0.4 is 4.74 Å². The molecule has 0 saturated carbocycles. The van der Waals surface area contributed by atoms with Gasteiger partial charge in [0.1, 0.15) is 5.75 Å². The van der Waals surface area contributed by atoms with E-state index in [1.807, 2.05) is 6.07 Å². The minimum Gasteiger partial charge on any atom is -0.494 e. The summed E-state index contributed by atoms with van der Waals surface area (Å²) in [6.07, 6.45) is 4.14. The molecule has 0 spiro atoms. The third kappa shape index (κ3) is 4.25. The van der Waals surface area contributed by atoms with Crippen LogP contribution in [0.2, 0.25) is 0 Å². The Bertz CT molecular complexity index is 520. The molecule has 19 heavy (non-hydrogen) atoms. The molecule has 2 rings (SSSR count). The molecule has 2 nitrogen and oxygen atoms in total. The molecule has 2 aromatic carbocycles. The summed E-state index contributed by atoms with van der Waals surface area (Å²) >= 11 is 0. The summed E-state index contributed by atoms with van der Waals surface area (Å²) < 4.78 is 5.76. The van der Waals surface area contributed by atoms with Crippen molar-refractivity contribution in [3.05, 3.63) is 42.0 Å². The molecular weight excluding hydrogens is 236 g/mol. The summed E-state index contributed by atoms with van der Waals surface area (Å²) in [5.74, 6) is 0.943. The van der Waals surface area contributed by atoms with E-state index in [0.717, 1.165) is 38.0 Å². The highest BCUT2D eigenvalue weighted by atomic mass is 16.5. The summed E-state index contributed by atoms with van der Waals surface area (Å²) in [6, 6.07) is 12.7. The lowest BCUT2D eigenvalue weighted by atomic mass is 10.1. The van der Waals surface area contributed by atoms with Gasteiger partial charge in [0.2, 0.25) is 0 Å². The standard InChI is InChI=1S/C17H22O2/c1-14-6-7-16-13-17(9-8-15(16)12-14)19-11-5-3-2-4-10-18/h6-9,12-13,18H,2-5,10-11H2,1H3. The van der Waals surface area contributed by atoms with E-state index in [1.54, 1.807) is 0 Å². The van der Waals surface area contributed by atoms with E-state index in [9.17, 15) is 0 Å². The molecule has 0 atom stereocenters. The minimum atomic E-state index is 0.297. The number of unbranched alkanes of at least 4 members (excludes halogenated alkanes) is 3. The number of fused-ring (bicyclic) bond motifs is 1. The van der Waals surface area contributed by atoms with Crippen molar-refractivity contribution in [2.45, 2.75) is 32.6 Å². The van der Waals surface area contributed by atoms with Crippen LogP contribution in [0.4, 0.5) is 0 Å². The fourth-order valence-corrected chi connectivity index (χ4v) is 2.19. The maximum Gasteiger partial charge on any atom is 0.119 e. The molecule has 0 heterocycles. The molecule has 1 N–H and O–H groups in total. The third-order valence-corrected chi connectivity index (χ3v) is 3.29. The summed E-state index contributed by atoms with van der Waals surface area (Å²) in [5.41, 5.74) is 1.28. The Labute approximate surface area is 115 Å². The van der Waals surface area contributed by atoms with Gasteiger partial charge in [-0.2, -0.15) is 0 Å². The van der Waals surface area contributed by atoms with Crippen LogP contribution in [-0.4, -0.2) is 18.3 Å². The topological polar surface area (TPSA) is 29.5 Å². The van der Waals surface area contributed by atoms with Crippen LogP contribution in [0.1, 0.15) is 31.2 Å². The summed E-state index contributed by atoms with van der Waals surface area (Å²) in [7, 11) is 0. The average molecular weight is 258 g/mol. The average Bonchev–Trinajstić information content (AvgIpc) is 2.43. The molecule has 0 aliphatic heterocycles. The molecule has 2 heteroatoms. The lowest BCUT2D eigenvalue weighted by molar-refractivity contribution is 0.273. The van der Waals surface area contributed by atoms with Crippen LogP contribution in [0.5, 0.6) is 5.75 Å². The number of aryl methyl sites for hydroxylation is 1.